The van der Waals surface area contributed by atoms with Crippen LogP contribution in [0, 0.1) is 5.41 Å². The minimum Gasteiger partial charge on any atom is -0.507 e. The summed E-state index contributed by atoms with van der Waals surface area (Å²) in [6, 6.07) is 11.4. The van der Waals surface area contributed by atoms with Crippen molar-refractivity contribution in [1.82, 2.24) is 5.32 Å². The molecule has 0 radical (unpaired) electrons. The van der Waals surface area contributed by atoms with Gasteiger partial charge in [0.15, 0.2) is 0 Å². The van der Waals surface area contributed by atoms with Crippen LogP contribution in [-0.4, -0.2) is 38.8 Å². The average molecular weight is 398 g/mol. The largest absolute Gasteiger partial charge is 0.507 e. The highest BCUT2D eigenvalue weighted by atomic mass is 16.5. The summed E-state index contributed by atoms with van der Waals surface area (Å²) in [6.45, 7) is 9.20. The molecule has 0 saturated carbocycles. The topological polar surface area (TPSA) is 77.8 Å². The van der Waals surface area contributed by atoms with E-state index in [0.29, 0.717) is 17.0 Å². The van der Waals surface area contributed by atoms with Crippen molar-refractivity contribution in [3.63, 3.8) is 0 Å². The Hall–Kier alpha value is -2.83. The van der Waals surface area contributed by atoms with Crippen LogP contribution in [0.5, 0.6) is 11.5 Å². The summed E-state index contributed by atoms with van der Waals surface area (Å²) < 4.78 is 10.6. The monoisotopic (exact) mass is 397 g/mol. The molecule has 0 atom stereocenters. The van der Waals surface area contributed by atoms with Gasteiger partial charge in [0.2, 0.25) is 0 Å². The van der Waals surface area contributed by atoms with E-state index < -0.39 is 0 Å². The Morgan fingerprint density at radius 2 is 1.86 bits per heavy atom. The number of ether oxygens (including phenoxy) is 2. The van der Waals surface area contributed by atoms with Crippen molar-refractivity contribution in [3.05, 3.63) is 59.7 Å². The normalized spacial score (nSPS) is 10.8. The molecule has 2 aromatic rings. The first-order valence-electron chi connectivity index (χ1n) is 9.54. The van der Waals surface area contributed by atoms with Crippen molar-refractivity contribution >= 4 is 17.2 Å². The maximum absolute atomic E-state index is 10.6. The van der Waals surface area contributed by atoms with Crippen LogP contribution >= 0.6 is 0 Å². The number of rotatable bonds is 9. The van der Waals surface area contributed by atoms with Gasteiger partial charge in [0, 0.05) is 31.0 Å². The van der Waals surface area contributed by atoms with E-state index in [1.54, 1.807) is 25.2 Å². The van der Waals surface area contributed by atoms with Gasteiger partial charge in [-0.1, -0.05) is 32.6 Å². The van der Waals surface area contributed by atoms with E-state index in [1.165, 1.54) is 0 Å². The van der Waals surface area contributed by atoms with Gasteiger partial charge in [-0.3, -0.25) is 10.3 Å². The fourth-order valence-electron chi connectivity index (χ4n) is 3.21. The lowest BCUT2D eigenvalue weighted by Gasteiger charge is -2.28. The Balaban J connectivity index is 2.52. The second-order valence-electron chi connectivity index (χ2n) is 7.12. The first-order valence-corrected chi connectivity index (χ1v) is 9.54. The average Bonchev–Trinajstić information content (AvgIpc) is 2.69. The molecule has 0 aromatic heterocycles. The standard InChI is InChI=1S/C23H31N3O3/c1-15(2)19-11-20(21(27)12-22(19)29-6)16(3)26(23(24)14-28-5)18-9-7-17(8-10-18)13-25-4/h7-12,15,24-25,27H,3,13-14H2,1-2,4-6H3. The van der Waals surface area contributed by atoms with Gasteiger partial charge >= 0.3 is 0 Å². The highest BCUT2D eigenvalue weighted by Crippen LogP contribution is 2.38. The molecule has 0 saturated heterocycles. The summed E-state index contributed by atoms with van der Waals surface area (Å²) in [5.41, 5.74) is 3.92. The molecule has 0 bridgehead atoms. The predicted octanol–water partition coefficient (Wildman–Crippen LogP) is 4.34. The minimum atomic E-state index is 0.0540. The smallest absolute Gasteiger partial charge is 0.131 e. The van der Waals surface area contributed by atoms with Crippen molar-refractivity contribution in [3.8, 4) is 11.5 Å². The summed E-state index contributed by atoms with van der Waals surface area (Å²) in [5, 5.41) is 22.3. The maximum Gasteiger partial charge on any atom is 0.131 e. The lowest BCUT2D eigenvalue weighted by molar-refractivity contribution is 0.244. The number of nitrogens with zero attached hydrogens (tertiary/aromatic N) is 1. The number of anilines is 1. The van der Waals surface area contributed by atoms with Crippen LogP contribution in [0.2, 0.25) is 0 Å². The van der Waals surface area contributed by atoms with Crippen molar-refractivity contribution < 1.29 is 14.6 Å². The fraction of sp³-hybridized carbons (Fsp3) is 0.348. The van der Waals surface area contributed by atoms with Gasteiger partial charge in [-0.2, -0.15) is 0 Å². The molecule has 0 fully saturated rings. The van der Waals surface area contributed by atoms with Gasteiger partial charge in [0.1, 0.15) is 23.9 Å². The Kier molecular flexibility index (Phi) is 7.82. The molecule has 0 unspecified atom stereocenters. The zero-order valence-electron chi connectivity index (χ0n) is 17.9. The summed E-state index contributed by atoms with van der Waals surface area (Å²) in [6.07, 6.45) is 0. The van der Waals surface area contributed by atoms with Gasteiger partial charge in [-0.25, -0.2) is 0 Å². The molecule has 6 nitrogen and oxygen atoms in total. The number of aromatic hydroxyl groups is 1. The lowest BCUT2D eigenvalue weighted by Crippen LogP contribution is -2.31. The van der Waals surface area contributed by atoms with Gasteiger partial charge in [-0.05, 0) is 42.3 Å². The van der Waals surface area contributed by atoms with E-state index in [-0.39, 0.29) is 24.1 Å². The van der Waals surface area contributed by atoms with Gasteiger partial charge in [-0.15, -0.1) is 0 Å². The molecule has 2 rings (SSSR count). The van der Waals surface area contributed by atoms with E-state index in [2.05, 4.69) is 25.7 Å². The summed E-state index contributed by atoms with van der Waals surface area (Å²) >= 11 is 0. The third-order valence-electron chi connectivity index (χ3n) is 4.68. The number of hydrogen-bond acceptors (Lipinski definition) is 5. The highest BCUT2D eigenvalue weighted by molar-refractivity contribution is 6.08. The first kappa shape index (κ1) is 22.5. The number of methoxy groups -OCH3 is 2. The molecule has 2 aromatic carbocycles. The Morgan fingerprint density at radius 3 is 2.38 bits per heavy atom. The number of phenols is 1. The number of hydrogen-bond donors (Lipinski definition) is 3. The zero-order valence-corrected chi connectivity index (χ0v) is 17.9. The minimum absolute atomic E-state index is 0.0540. The van der Waals surface area contributed by atoms with E-state index in [4.69, 9.17) is 14.9 Å². The second-order valence-corrected chi connectivity index (χ2v) is 7.12. The van der Waals surface area contributed by atoms with Crippen LogP contribution < -0.4 is 15.0 Å². The van der Waals surface area contributed by atoms with Gasteiger partial charge in [0.25, 0.3) is 0 Å². The van der Waals surface area contributed by atoms with Crippen molar-refractivity contribution in [1.29, 1.82) is 5.41 Å². The molecule has 3 N–H and O–H groups in total. The van der Waals surface area contributed by atoms with Gasteiger partial charge < -0.3 is 19.9 Å². The Labute approximate surface area is 173 Å². The fourth-order valence-corrected chi connectivity index (χ4v) is 3.21. The Morgan fingerprint density at radius 1 is 1.21 bits per heavy atom. The molecule has 0 amide bonds. The van der Waals surface area contributed by atoms with Crippen LogP contribution in [0.15, 0.2) is 43.0 Å². The highest BCUT2D eigenvalue weighted by Gasteiger charge is 2.22. The third-order valence-corrected chi connectivity index (χ3v) is 4.68. The number of benzene rings is 2. The van der Waals surface area contributed by atoms with E-state index in [0.717, 1.165) is 23.4 Å². The number of amidine groups is 1. The van der Waals surface area contributed by atoms with E-state index in [9.17, 15) is 5.11 Å². The van der Waals surface area contributed by atoms with E-state index >= 15 is 0 Å². The number of nitrogens with one attached hydrogen (secondary N) is 2. The lowest BCUT2D eigenvalue weighted by atomic mass is 9.97. The molecule has 0 aliphatic rings. The molecule has 0 heterocycles. The van der Waals surface area contributed by atoms with Crippen molar-refractivity contribution in [2.24, 2.45) is 0 Å². The quantitative estimate of drug-likeness (QED) is 0.433. The van der Waals surface area contributed by atoms with Crippen LogP contribution in [0.1, 0.15) is 36.5 Å². The molecule has 156 valence electrons. The SMILES string of the molecule is C=C(c1cc(C(C)C)c(OC)cc1O)N(C(=N)COC)c1ccc(CNC)cc1. The van der Waals surface area contributed by atoms with Crippen molar-refractivity contribution in [2.75, 3.05) is 32.8 Å². The zero-order chi connectivity index (χ0) is 21.6. The first-order chi connectivity index (χ1) is 13.8. The number of phenolic OH excluding ortho intramolecular Hbond substituents is 1. The molecular weight excluding hydrogens is 366 g/mol. The molecule has 29 heavy (non-hydrogen) atoms. The summed E-state index contributed by atoms with van der Waals surface area (Å²) in [7, 11) is 5.03. The van der Waals surface area contributed by atoms with Crippen LogP contribution in [-0.2, 0) is 11.3 Å². The summed E-state index contributed by atoms with van der Waals surface area (Å²) in [4.78, 5) is 1.69. The van der Waals surface area contributed by atoms with Crippen molar-refractivity contribution in [2.45, 2.75) is 26.3 Å². The summed E-state index contributed by atoms with van der Waals surface area (Å²) in [5.74, 6) is 1.10. The van der Waals surface area contributed by atoms with Gasteiger partial charge in [0.05, 0.1) is 12.8 Å². The van der Waals surface area contributed by atoms with E-state index in [1.807, 2.05) is 37.4 Å². The Bertz CT molecular complexity index is 860. The van der Waals surface area contributed by atoms with Crippen LogP contribution in [0.25, 0.3) is 5.70 Å². The molecule has 0 aliphatic heterocycles. The maximum atomic E-state index is 10.6. The molecule has 6 heteroatoms. The molecule has 0 spiro atoms. The second kappa shape index (κ2) is 10.1. The van der Waals surface area contributed by atoms with Crippen LogP contribution in [0.3, 0.4) is 0 Å². The third kappa shape index (κ3) is 5.16. The molecule has 0 aliphatic carbocycles. The molecular formula is C23H31N3O3. The predicted molar refractivity (Wildman–Crippen MR) is 119 cm³/mol. The van der Waals surface area contributed by atoms with Crippen LogP contribution in [0.4, 0.5) is 5.69 Å².